The maximum atomic E-state index is 10.0. The summed E-state index contributed by atoms with van der Waals surface area (Å²) in [5.41, 5.74) is -1.44. The first-order valence-electron chi connectivity index (χ1n) is 6.76. The molecule has 6 heteroatoms. The van der Waals surface area contributed by atoms with Crippen molar-refractivity contribution >= 4 is 23.2 Å². The molecule has 0 heterocycles. The number of hydrogen-bond donors (Lipinski definition) is 3. The molecule has 1 rings (SSSR count). The minimum atomic E-state index is -0.905. The molecule has 1 aromatic carbocycles. The van der Waals surface area contributed by atoms with Crippen molar-refractivity contribution < 1.29 is 14.9 Å². The number of benzene rings is 1. The number of aliphatic hydroxyl groups is 2. The zero-order valence-electron chi connectivity index (χ0n) is 12.8. The van der Waals surface area contributed by atoms with Crippen molar-refractivity contribution in [1.29, 1.82) is 0 Å². The van der Waals surface area contributed by atoms with E-state index >= 15 is 0 Å². The third-order valence-corrected chi connectivity index (χ3v) is 4.38. The molecule has 0 amide bonds. The van der Waals surface area contributed by atoms with Crippen molar-refractivity contribution in [2.24, 2.45) is 0 Å². The van der Waals surface area contributed by atoms with Crippen LogP contribution in [0.3, 0.4) is 0 Å². The lowest BCUT2D eigenvalue weighted by Gasteiger charge is -2.38. The smallest absolute Gasteiger partial charge is 0.121 e. The minimum Gasteiger partial charge on any atom is -0.491 e. The highest BCUT2D eigenvalue weighted by Crippen LogP contribution is 2.26. The van der Waals surface area contributed by atoms with Gasteiger partial charge in [-0.25, -0.2) is 0 Å². The molecule has 0 bridgehead atoms. The summed E-state index contributed by atoms with van der Waals surface area (Å²) in [4.78, 5) is 0. The Kier molecular flexibility index (Phi) is 6.32. The first-order chi connectivity index (χ1) is 9.53. The van der Waals surface area contributed by atoms with Crippen LogP contribution in [0.4, 0.5) is 0 Å². The fourth-order valence-corrected chi connectivity index (χ4v) is 1.70. The Morgan fingerprint density at radius 1 is 1.19 bits per heavy atom. The van der Waals surface area contributed by atoms with Gasteiger partial charge in [0.2, 0.25) is 0 Å². The zero-order chi connectivity index (χ0) is 16.3. The molecule has 0 aliphatic rings. The van der Waals surface area contributed by atoms with Crippen LogP contribution in [0.15, 0.2) is 18.2 Å². The third-order valence-electron chi connectivity index (χ3n) is 3.64. The molecule has 1 atom stereocenters. The highest BCUT2D eigenvalue weighted by molar-refractivity contribution is 6.42. The SMILES string of the molecule is CC(C)(O)C(C)(C)NCC(O)COc1ccc(Cl)c(Cl)c1. The van der Waals surface area contributed by atoms with Crippen LogP contribution in [-0.2, 0) is 0 Å². The topological polar surface area (TPSA) is 61.7 Å². The minimum absolute atomic E-state index is 0.118. The van der Waals surface area contributed by atoms with E-state index < -0.39 is 17.2 Å². The number of β-amino-alcohol motifs (C(OH)–C–C–N with tert-alkyl or cyclic N) is 1. The van der Waals surface area contributed by atoms with E-state index in [-0.39, 0.29) is 6.61 Å². The summed E-state index contributed by atoms with van der Waals surface area (Å²) in [7, 11) is 0. The molecule has 0 aliphatic carbocycles. The largest absolute Gasteiger partial charge is 0.491 e. The van der Waals surface area contributed by atoms with Crippen LogP contribution >= 0.6 is 23.2 Å². The summed E-state index contributed by atoms with van der Waals surface area (Å²) in [6.45, 7) is 7.61. The Balaban J connectivity index is 2.44. The average Bonchev–Trinajstić information content (AvgIpc) is 2.36. The van der Waals surface area contributed by atoms with Crippen LogP contribution in [0.1, 0.15) is 27.7 Å². The summed E-state index contributed by atoms with van der Waals surface area (Å²) >= 11 is 11.7. The lowest BCUT2D eigenvalue weighted by atomic mass is 9.86. The molecule has 3 N–H and O–H groups in total. The molecule has 0 aliphatic heterocycles. The fourth-order valence-electron chi connectivity index (χ4n) is 1.41. The van der Waals surface area contributed by atoms with Gasteiger partial charge in [-0.3, -0.25) is 0 Å². The highest BCUT2D eigenvalue weighted by Gasteiger charge is 2.34. The third kappa shape index (κ3) is 5.64. The van der Waals surface area contributed by atoms with Crippen molar-refractivity contribution in [2.45, 2.75) is 44.9 Å². The molecule has 1 unspecified atom stereocenters. The van der Waals surface area contributed by atoms with Crippen molar-refractivity contribution in [2.75, 3.05) is 13.2 Å². The van der Waals surface area contributed by atoms with E-state index in [4.69, 9.17) is 27.9 Å². The quantitative estimate of drug-likeness (QED) is 0.717. The molecule has 4 nitrogen and oxygen atoms in total. The van der Waals surface area contributed by atoms with Crippen LogP contribution in [0.2, 0.25) is 10.0 Å². The molecular weight excluding hydrogens is 313 g/mol. The van der Waals surface area contributed by atoms with Gasteiger partial charge in [0.1, 0.15) is 18.5 Å². The van der Waals surface area contributed by atoms with E-state index in [1.54, 1.807) is 32.0 Å². The number of halogens is 2. The predicted molar refractivity (Wildman–Crippen MR) is 86.3 cm³/mol. The molecular formula is C15H23Cl2NO3. The Bertz CT molecular complexity index is 472. The van der Waals surface area contributed by atoms with Crippen molar-refractivity contribution in [3.63, 3.8) is 0 Å². The second kappa shape index (κ2) is 7.16. The molecule has 0 saturated carbocycles. The van der Waals surface area contributed by atoms with E-state index in [2.05, 4.69) is 5.32 Å². The van der Waals surface area contributed by atoms with Crippen molar-refractivity contribution in [1.82, 2.24) is 5.32 Å². The maximum absolute atomic E-state index is 10.0. The van der Waals surface area contributed by atoms with Gasteiger partial charge in [-0.05, 0) is 39.8 Å². The number of ether oxygens (including phenoxy) is 1. The van der Waals surface area contributed by atoms with Crippen LogP contribution in [0, 0.1) is 0 Å². The fraction of sp³-hybridized carbons (Fsp3) is 0.600. The molecule has 0 fully saturated rings. The van der Waals surface area contributed by atoms with E-state index in [1.165, 1.54) is 0 Å². The summed E-state index contributed by atoms with van der Waals surface area (Å²) in [5.74, 6) is 0.546. The van der Waals surface area contributed by atoms with Crippen LogP contribution in [0.25, 0.3) is 0 Å². The first kappa shape index (κ1) is 18.5. The molecule has 120 valence electrons. The molecule has 0 saturated heterocycles. The van der Waals surface area contributed by atoms with Crippen LogP contribution < -0.4 is 10.1 Å². The van der Waals surface area contributed by atoms with E-state index in [1.807, 2.05) is 13.8 Å². The maximum Gasteiger partial charge on any atom is 0.121 e. The van der Waals surface area contributed by atoms with Gasteiger partial charge in [-0.2, -0.15) is 0 Å². The molecule has 1 aromatic rings. The van der Waals surface area contributed by atoms with Gasteiger partial charge in [0.05, 0.1) is 15.6 Å². The molecule has 0 spiro atoms. The Morgan fingerprint density at radius 2 is 1.81 bits per heavy atom. The van der Waals surface area contributed by atoms with Gasteiger partial charge < -0.3 is 20.3 Å². The summed E-state index contributed by atoms with van der Waals surface area (Å²) < 4.78 is 5.46. The van der Waals surface area contributed by atoms with Crippen molar-refractivity contribution in [3.05, 3.63) is 28.2 Å². The highest BCUT2D eigenvalue weighted by atomic mass is 35.5. The normalized spacial score (nSPS) is 14.1. The van der Waals surface area contributed by atoms with Gasteiger partial charge >= 0.3 is 0 Å². The first-order valence-corrected chi connectivity index (χ1v) is 7.52. The standard InChI is InChI=1S/C15H23Cl2NO3/c1-14(2,15(3,4)20)18-8-10(19)9-21-11-5-6-12(16)13(17)7-11/h5-7,10,18-20H,8-9H2,1-4H3. The van der Waals surface area contributed by atoms with Gasteiger partial charge in [-0.15, -0.1) is 0 Å². The monoisotopic (exact) mass is 335 g/mol. The lowest BCUT2D eigenvalue weighted by Crippen LogP contribution is -2.57. The lowest BCUT2D eigenvalue weighted by molar-refractivity contribution is -0.0120. The summed E-state index contributed by atoms with van der Waals surface area (Å²) in [6.07, 6.45) is -0.707. The Labute approximate surface area is 136 Å². The second-order valence-corrected chi connectivity index (χ2v) is 6.92. The van der Waals surface area contributed by atoms with Crippen LogP contribution in [0.5, 0.6) is 5.75 Å². The van der Waals surface area contributed by atoms with Crippen molar-refractivity contribution in [3.8, 4) is 5.75 Å². The molecule has 21 heavy (non-hydrogen) atoms. The number of aliphatic hydroxyl groups excluding tert-OH is 1. The number of hydrogen-bond acceptors (Lipinski definition) is 4. The van der Waals surface area contributed by atoms with E-state index in [0.717, 1.165) is 0 Å². The van der Waals surface area contributed by atoms with E-state index in [0.29, 0.717) is 22.3 Å². The van der Waals surface area contributed by atoms with Gasteiger partial charge in [0.15, 0.2) is 0 Å². The van der Waals surface area contributed by atoms with Gasteiger partial charge in [0, 0.05) is 18.2 Å². The number of nitrogens with one attached hydrogen (secondary N) is 1. The molecule has 0 radical (unpaired) electrons. The second-order valence-electron chi connectivity index (χ2n) is 6.11. The van der Waals surface area contributed by atoms with Gasteiger partial charge in [-0.1, -0.05) is 23.2 Å². The Hall–Kier alpha value is -0.520. The number of rotatable bonds is 7. The Morgan fingerprint density at radius 3 is 2.33 bits per heavy atom. The van der Waals surface area contributed by atoms with Gasteiger partial charge in [0.25, 0.3) is 0 Å². The molecule has 0 aromatic heterocycles. The summed E-state index contributed by atoms with van der Waals surface area (Å²) in [6, 6.07) is 4.93. The van der Waals surface area contributed by atoms with E-state index in [9.17, 15) is 10.2 Å². The zero-order valence-corrected chi connectivity index (χ0v) is 14.3. The average molecular weight is 336 g/mol. The predicted octanol–water partition coefficient (Wildman–Crippen LogP) is 2.87. The summed E-state index contributed by atoms with van der Waals surface area (Å²) in [5, 5.41) is 23.9. The van der Waals surface area contributed by atoms with Crippen LogP contribution in [-0.4, -0.2) is 40.6 Å².